The van der Waals surface area contributed by atoms with Crippen molar-refractivity contribution in [3.8, 4) is 0 Å². The Kier molecular flexibility index (Phi) is 7.28. The van der Waals surface area contributed by atoms with Gasteiger partial charge in [0.15, 0.2) is 0 Å². The normalized spacial score (nSPS) is 16.7. The van der Waals surface area contributed by atoms with Gasteiger partial charge in [-0.2, -0.15) is 0 Å². The minimum Gasteiger partial charge on any atom is -0.315 e. The summed E-state index contributed by atoms with van der Waals surface area (Å²) >= 11 is 0. The molecular weight excluding hydrogens is 316 g/mol. The fraction of sp³-hybridized carbons (Fsp3) is 0.500. The molecule has 0 radical (unpaired) electrons. The third kappa shape index (κ3) is 5.18. The molecule has 26 heavy (non-hydrogen) atoms. The molecule has 0 amide bonds. The molecule has 0 atom stereocenters. The van der Waals surface area contributed by atoms with Crippen LogP contribution in [0.4, 0.5) is 0 Å². The predicted octanol–water partition coefficient (Wildman–Crippen LogP) is 5.11. The summed E-state index contributed by atoms with van der Waals surface area (Å²) in [5.74, 6) is 0.409. The summed E-state index contributed by atoms with van der Waals surface area (Å²) in [5, 5.41) is 7.58. The van der Waals surface area contributed by atoms with Gasteiger partial charge in [-0.1, -0.05) is 86.8 Å². The van der Waals surface area contributed by atoms with E-state index in [1.54, 1.807) is 0 Å². The van der Waals surface area contributed by atoms with Crippen molar-refractivity contribution in [1.82, 2.24) is 10.6 Å². The number of benzene rings is 2. The van der Waals surface area contributed by atoms with Crippen LogP contribution in [0.15, 0.2) is 60.7 Å². The molecule has 2 heteroatoms. The van der Waals surface area contributed by atoms with Gasteiger partial charge in [0.25, 0.3) is 0 Å². The summed E-state index contributed by atoms with van der Waals surface area (Å²) in [6.45, 7) is 5.41. The molecule has 0 bridgehead atoms. The SMILES string of the molecule is CCC1(NCCNCC(c2ccccc2)c2ccccc2)CCCCC1. The highest BCUT2D eigenvalue weighted by atomic mass is 15.0. The van der Waals surface area contributed by atoms with Gasteiger partial charge in [-0.25, -0.2) is 0 Å². The zero-order valence-corrected chi connectivity index (χ0v) is 16.2. The van der Waals surface area contributed by atoms with Crippen LogP contribution in [0.2, 0.25) is 0 Å². The maximum absolute atomic E-state index is 3.88. The first-order chi connectivity index (χ1) is 12.8. The lowest BCUT2D eigenvalue weighted by Crippen LogP contribution is -2.48. The van der Waals surface area contributed by atoms with Crippen LogP contribution in [-0.4, -0.2) is 25.2 Å². The van der Waals surface area contributed by atoms with Gasteiger partial charge < -0.3 is 10.6 Å². The van der Waals surface area contributed by atoms with Crippen molar-refractivity contribution in [2.24, 2.45) is 0 Å². The topological polar surface area (TPSA) is 24.1 Å². The van der Waals surface area contributed by atoms with E-state index >= 15 is 0 Å². The van der Waals surface area contributed by atoms with E-state index in [-0.39, 0.29) is 0 Å². The van der Waals surface area contributed by atoms with E-state index in [4.69, 9.17) is 0 Å². The van der Waals surface area contributed by atoms with Crippen molar-refractivity contribution in [1.29, 1.82) is 0 Å². The molecule has 1 aliphatic carbocycles. The van der Waals surface area contributed by atoms with Gasteiger partial charge in [0, 0.05) is 31.1 Å². The second-order valence-electron chi connectivity index (χ2n) is 7.70. The van der Waals surface area contributed by atoms with E-state index in [0.29, 0.717) is 11.5 Å². The summed E-state index contributed by atoms with van der Waals surface area (Å²) < 4.78 is 0. The molecule has 1 aliphatic rings. The Bertz CT molecular complexity index is 578. The molecule has 2 aromatic rings. The van der Waals surface area contributed by atoms with Gasteiger partial charge in [-0.3, -0.25) is 0 Å². The van der Waals surface area contributed by atoms with Crippen LogP contribution in [-0.2, 0) is 0 Å². The minimum atomic E-state index is 0.401. The molecule has 0 aromatic heterocycles. The van der Waals surface area contributed by atoms with E-state index in [1.807, 2.05) is 0 Å². The standard InChI is InChI=1S/C24H34N2/c1-2-24(16-10-5-11-17-24)26-19-18-25-20-23(21-12-6-3-7-13-21)22-14-8-4-9-15-22/h3-4,6-9,12-15,23,25-26H,2,5,10-11,16-20H2,1H3. The Balaban J connectivity index is 1.52. The van der Waals surface area contributed by atoms with Gasteiger partial charge in [-0.05, 0) is 30.4 Å². The van der Waals surface area contributed by atoms with Crippen molar-refractivity contribution in [3.05, 3.63) is 71.8 Å². The summed E-state index contributed by atoms with van der Waals surface area (Å²) in [7, 11) is 0. The Morgan fingerprint density at radius 3 is 1.92 bits per heavy atom. The smallest absolute Gasteiger partial charge is 0.0214 e. The largest absolute Gasteiger partial charge is 0.315 e. The van der Waals surface area contributed by atoms with Crippen LogP contribution in [0.25, 0.3) is 0 Å². The average Bonchev–Trinajstić information content (AvgIpc) is 2.72. The fourth-order valence-corrected chi connectivity index (χ4v) is 4.35. The molecule has 140 valence electrons. The average molecular weight is 351 g/mol. The second kappa shape index (κ2) is 9.89. The molecule has 0 unspecified atom stereocenters. The lowest BCUT2D eigenvalue weighted by molar-refractivity contribution is 0.224. The lowest BCUT2D eigenvalue weighted by Gasteiger charge is -2.37. The number of hydrogen-bond donors (Lipinski definition) is 2. The fourth-order valence-electron chi connectivity index (χ4n) is 4.35. The molecule has 2 aromatic carbocycles. The van der Waals surface area contributed by atoms with Gasteiger partial charge in [0.05, 0.1) is 0 Å². The van der Waals surface area contributed by atoms with Gasteiger partial charge in [0.2, 0.25) is 0 Å². The lowest BCUT2D eigenvalue weighted by atomic mass is 9.80. The van der Waals surface area contributed by atoms with E-state index in [1.165, 1.54) is 49.7 Å². The van der Waals surface area contributed by atoms with Crippen LogP contribution >= 0.6 is 0 Å². The van der Waals surface area contributed by atoms with E-state index < -0.39 is 0 Å². The van der Waals surface area contributed by atoms with Crippen LogP contribution in [0.1, 0.15) is 62.5 Å². The summed E-state index contributed by atoms with van der Waals surface area (Å²) in [6.07, 6.45) is 8.14. The molecule has 0 spiro atoms. The van der Waals surface area contributed by atoms with Gasteiger partial charge in [0.1, 0.15) is 0 Å². The second-order valence-corrected chi connectivity index (χ2v) is 7.70. The molecule has 3 rings (SSSR count). The van der Waals surface area contributed by atoms with E-state index in [2.05, 4.69) is 78.2 Å². The summed E-state index contributed by atoms with van der Waals surface area (Å²) in [6, 6.07) is 21.7. The third-order valence-electron chi connectivity index (χ3n) is 6.04. The van der Waals surface area contributed by atoms with Crippen molar-refractivity contribution < 1.29 is 0 Å². The predicted molar refractivity (Wildman–Crippen MR) is 112 cm³/mol. The maximum atomic E-state index is 3.88. The number of hydrogen-bond acceptors (Lipinski definition) is 2. The van der Waals surface area contributed by atoms with Crippen molar-refractivity contribution >= 4 is 0 Å². The molecule has 1 fully saturated rings. The van der Waals surface area contributed by atoms with Gasteiger partial charge >= 0.3 is 0 Å². The zero-order valence-electron chi connectivity index (χ0n) is 16.2. The van der Waals surface area contributed by atoms with Crippen LogP contribution in [0.5, 0.6) is 0 Å². The van der Waals surface area contributed by atoms with E-state index in [0.717, 1.165) is 19.6 Å². The zero-order chi connectivity index (χ0) is 18.1. The Hall–Kier alpha value is -1.64. The van der Waals surface area contributed by atoms with Crippen molar-refractivity contribution in [2.45, 2.75) is 56.9 Å². The molecular formula is C24H34N2. The highest BCUT2D eigenvalue weighted by Gasteiger charge is 2.28. The first-order valence-corrected chi connectivity index (χ1v) is 10.4. The molecule has 2 N–H and O–H groups in total. The monoisotopic (exact) mass is 350 g/mol. The van der Waals surface area contributed by atoms with Crippen molar-refractivity contribution in [2.75, 3.05) is 19.6 Å². The molecule has 0 aliphatic heterocycles. The van der Waals surface area contributed by atoms with Crippen LogP contribution in [0, 0.1) is 0 Å². The minimum absolute atomic E-state index is 0.401. The highest BCUT2D eigenvalue weighted by molar-refractivity contribution is 5.32. The van der Waals surface area contributed by atoms with Crippen LogP contribution in [0.3, 0.4) is 0 Å². The van der Waals surface area contributed by atoms with E-state index in [9.17, 15) is 0 Å². The third-order valence-corrected chi connectivity index (χ3v) is 6.04. The Labute approximate surface area is 159 Å². The maximum Gasteiger partial charge on any atom is 0.0214 e. The van der Waals surface area contributed by atoms with Gasteiger partial charge in [-0.15, -0.1) is 0 Å². The number of rotatable bonds is 9. The molecule has 0 saturated heterocycles. The van der Waals surface area contributed by atoms with Crippen LogP contribution < -0.4 is 10.6 Å². The summed E-state index contributed by atoms with van der Waals surface area (Å²) in [4.78, 5) is 0. The number of nitrogens with one attached hydrogen (secondary N) is 2. The Morgan fingerprint density at radius 1 is 0.808 bits per heavy atom. The molecule has 0 heterocycles. The highest BCUT2D eigenvalue weighted by Crippen LogP contribution is 2.30. The summed E-state index contributed by atoms with van der Waals surface area (Å²) in [5.41, 5.74) is 3.17. The first-order valence-electron chi connectivity index (χ1n) is 10.4. The Morgan fingerprint density at radius 2 is 1.38 bits per heavy atom. The molecule has 2 nitrogen and oxygen atoms in total. The first kappa shape index (κ1) is 19.1. The van der Waals surface area contributed by atoms with Crippen molar-refractivity contribution in [3.63, 3.8) is 0 Å². The quantitative estimate of drug-likeness (QED) is 0.614. The molecule has 1 saturated carbocycles.